The third-order valence-corrected chi connectivity index (χ3v) is 5.71. The van der Waals surface area contributed by atoms with Crippen molar-refractivity contribution in [2.24, 2.45) is 14.1 Å². The highest BCUT2D eigenvalue weighted by Crippen LogP contribution is 2.29. The maximum Gasteiger partial charge on any atom is 0.409 e. The van der Waals surface area contributed by atoms with Gasteiger partial charge in [-0.2, -0.15) is 10.2 Å². The van der Waals surface area contributed by atoms with E-state index in [1.807, 2.05) is 57.1 Å². The SMILES string of the molecule is Cn1cc(-c2cccc(-c3ncc(-c4cnn(C)c4)c(NCCCN4CCOC4=O)n3)c2)cn1. The summed E-state index contributed by atoms with van der Waals surface area (Å²) in [5.41, 5.74) is 4.82. The van der Waals surface area contributed by atoms with Gasteiger partial charge in [0.2, 0.25) is 0 Å². The molecule has 0 spiro atoms. The van der Waals surface area contributed by atoms with Crippen molar-refractivity contribution in [3.05, 3.63) is 55.2 Å². The van der Waals surface area contributed by atoms with Gasteiger partial charge in [0.1, 0.15) is 12.4 Å². The number of cyclic esters (lactones) is 1. The maximum atomic E-state index is 11.7. The molecule has 10 heteroatoms. The van der Waals surface area contributed by atoms with E-state index in [0.717, 1.165) is 40.1 Å². The largest absolute Gasteiger partial charge is 0.448 e. The van der Waals surface area contributed by atoms with Crippen molar-refractivity contribution in [1.29, 1.82) is 0 Å². The lowest BCUT2D eigenvalue weighted by Crippen LogP contribution is -2.26. The number of anilines is 1. The maximum absolute atomic E-state index is 11.7. The zero-order valence-corrected chi connectivity index (χ0v) is 19.2. The number of amides is 1. The minimum Gasteiger partial charge on any atom is -0.448 e. The molecule has 10 nitrogen and oxygen atoms in total. The first-order valence-corrected chi connectivity index (χ1v) is 11.2. The summed E-state index contributed by atoms with van der Waals surface area (Å²) in [6.45, 7) is 2.40. The summed E-state index contributed by atoms with van der Waals surface area (Å²) in [6, 6.07) is 8.12. The van der Waals surface area contributed by atoms with Crippen LogP contribution >= 0.6 is 0 Å². The highest BCUT2D eigenvalue weighted by Gasteiger charge is 2.21. The Hall–Kier alpha value is -4.21. The number of rotatable bonds is 8. The third-order valence-electron chi connectivity index (χ3n) is 5.71. The number of aryl methyl sites for hydroxylation is 2. The number of hydrogen-bond donors (Lipinski definition) is 1. The van der Waals surface area contributed by atoms with E-state index in [0.29, 0.717) is 32.1 Å². The van der Waals surface area contributed by atoms with Crippen molar-refractivity contribution in [3.63, 3.8) is 0 Å². The van der Waals surface area contributed by atoms with E-state index in [-0.39, 0.29) is 6.09 Å². The summed E-state index contributed by atoms with van der Waals surface area (Å²) in [6.07, 6.45) is 9.92. The van der Waals surface area contributed by atoms with E-state index >= 15 is 0 Å². The molecule has 1 N–H and O–H groups in total. The number of ether oxygens (including phenoxy) is 1. The molecule has 0 atom stereocenters. The zero-order chi connectivity index (χ0) is 23.5. The lowest BCUT2D eigenvalue weighted by Gasteiger charge is -2.14. The molecule has 1 saturated heterocycles. The van der Waals surface area contributed by atoms with Gasteiger partial charge in [-0.05, 0) is 18.1 Å². The zero-order valence-electron chi connectivity index (χ0n) is 19.2. The molecule has 1 amide bonds. The van der Waals surface area contributed by atoms with Gasteiger partial charge >= 0.3 is 6.09 Å². The Morgan fingerprint density at radius 1 is 1.00 bits per heavy atom. The van der Waals surface area contributed by atoms with E-state index in [1.165, 1.54) is 0 Å². The number of hydrogen-bond acceptors (Lipinski definition) is 7. The van der Waals surface area contributed by atoms with Gasteiger partial charge in [-0.25, -0.2) is 14.8 Å². The average molecular weight is 459 g/mol. The second-order valence-corrected chi connectivity index (χ2v) is 8.22. The predicted molar refractivity (Wildman–Crippen MR) is 128 cm³/mol. The molecule has 0 unspecified atom stereocenters. The van der Waals surface area contributed by atoms with Crippen molar-refractivity contribution >= 4 is 11.9 Å². The van der Waals surface area contributed by atoms with Crippen molar-refractivity contribution in [2.45, 2.75) is 6.42 Å². The smallest absolute Gasteiger partial charge is 0.409 e. The molecule has 0 saturated carbocycles. The van der Waals surface area contributed by atoms with Crippen molar-refractivity contribution in [3.8, 4) is 33.6 Å². The first-order chi connectivity index (χ1) is 16.6. The first-order valence-electron chi connectivity index (χ1n) is 11.2. The Morgan fingerprint density at radius 3 is 2.47 bits per heavy atom. The molecule has 0 radical (unpaired) electrons. The lowest BCUT2D eigenvalue weighted by molar-refractivity contribution is 0.158. The fraction of sp³-hybridized carbons (Fsp3) is 0.292. The molecule has 1 aliphatic heterocycles. The highest BCUT2D eigenvalue weighted by atomic mass is 16.6. The molecule has 1 aromatic carbocycles. The standard InChI is InChI=1S/C24H26N8O2/c1-30-15-19(12-27-30)17-5-3-6-18(11-17)22-26-14-21(20-13-28-31(2)16-20)23(29-22)25-7-4-8-32-9-10-34-24(32)33/h3,5-6,11-16H,4,7-10H2,1-2H3,(H,25,26,29). The fourth-order valence-electron chi connectivity index (χ4n) is 3.94. The third kappa shape index (κ3) is 4.61. The van der Waals surface area contributed by atoms with Crippen LogP contribution in [-0.4, -0.2) is 66.8 Å². The Balaban J connectivity index is 1.40. The van der Waals surface area contributed by atoms with Crippen LogP contribution in [0.1, 0.15) is 6.42 Å². The summed E-state index contributed by atoms with van der Waals surface area (Å²) in [5, 5.41) is 12.0. The average Bonchev–Trinajstić information content (AvgIpc) is 3.58. The Kier molecular flexibility index (Phi) is 5.94. The van der Waals surface area contributed by atoms with Gasteiger partial charge in [-0.3, -0.25) is 9.36 Å². The van der Waals surface area contributed by atoms with Crippen LogP contribution < -0.4 is 5.32 Å². The number of carbonyl (C=O) groups excluding carboxylic acids is 1. The van der Waals surface area contributed by atoms with Gasteiger partial charge in [-0.15, -0.1) is 0 Å². The minimum absolute atomic E-state index is 0.242. The summed E-state index contributed by atoms with van der Waals surface area (Å²) < 4.78 is 8.54. The predicted octanol–water partition coefficient (Wildman–Crippen LogP) is 3.20. The van der Waals surface area contributed by atoms with E-state index in [4.69, 9.17) is 9.72 Å². The first kappa shape index (κ1) is 21.6. The van der Waals surface area contributed by atoms with Crippen LogP contribution in [-0.2, 0) is 18.8 Å². The quantitative estimate of drug-likeness (QED) is 0.405. The van der Waals surface area contributed by atoms with Crippen LogP contribution in [0, 0.1) is 0 Å². The van der Waals surface area contributed by atoms with Gasteiger partial charge in [0.25, 0.3) is 0 Å². The summed E-state index contributed by atoms with van der Waals surface area (Å²) in [4.78, 5) is 22.9. The Morgan fingerprint density at radius 2 is 1.76 bits per heavy atom. The second-order valence-electron chi connectivity index (χ2n) is 8.22. The Labute approximate surface area is 197 Å². The molecule has 1 aliphatic rings. The number of carbonyl (C=O) groups is 1. The van der Waals surface area contributed by atoms with Gasteiger partial charge in [0.05, 0.1) is 18.9 Å². The molecular weight excluding hydrogens is 432 g/mol. The van der Waals surface area contributed by atoms with Crippen LogP contribution in [0.2, 0.25) is 0 Å². The van der Waals surface area contributed by atoms with Crippen molar-refractivity contribution < 1.29 is 9.53 Å². The van der Waals surface area contributed by atoms with E-state index in [9.17, 15) is 4.79 Å². The number of benzene rings is 1. The second kappa shape index (κ2) is 9.34. The molecule has 0 aliphatic carbocycles. The molecule has 0 bridgehead atoms. The Bertz CT molecular complexity index is 1310. The molecule has 174 valence electrons. The number of nitrogens with zero attached hydrogens (tertiary/aromatic N) is 7. The lowest BCUT2D eigenvalue weighted by atomic mass is 10.1. The minimum atomic E-state index is -0.242. The molecule has 1 fully saturated rings. The van der Waals surface area contributed by atoms with Crippen LogP contribution in [0.5, 0.6) is 0 Å². The van der Waals surface area contributed by atoms with E-state index in [2.05, 4.69) is 26.6 Å². The van der Waals surface area contributed by atoms with Gasteiger partial charge < -0.3 is 15.0 Å². The van der Waals surface area contributed by atoms with Crippen molar-refractivity contribution in [2.75, 3.05) is 31.6 Å². The summed E-state index contributed by atoms with van der Waals surface area (Å²) in [5.74, 6) is 1.36. The molecule has 4 heterocycles. The van der Waals surface area contributed by atoms with E-state index < -0.39 is 0 Å². The number of aromatic nitrogens is 6. The van der Waals surface area contributed by atoms with Crippen molar-refractivity contribution in [1.82, 2.24) is 34.4 Å². The molecule has 5 rings (SSSR count). The molecule has 4 aromatic rings. The topological polar surface area (TPSA) is 103 Å². The number of nitrogens with one attached hydrogen (secondary N) is 1. The normalized spacial score (nSPS) is 13.4. The van der Waals surface area contributed by atoms with Gasteiger partial charge in [-0.1, -0.05) is 18.2 Å². The fourth-order valence-corrected chi connectivity index (χ4v) is 3.94. The molecular formula is C24H26N8O2. The molecule has 34 heavy (non-hydrogen) atoms. The van der Waals surface area contributed by atoms with Crippen LogP contribution in [0.4, 0.5) is 10.6 Å². The summed E-state index contributed by atoms with van der Waals surface area (Å²) >= 11 is 0. The van der Waals surface area contributed by atoms with Crippen LogP contribution in [0.25, 0.3) is 33.6 Å². The summed E-state index contributed by atoms with van der Waals surface area (Å²) in [7, 11) is 3.78. The van der Waals surface area contributed by atoms with Crippen LogP contribution in [0.3, 0.4) is 0 Å². The van der Waals surface area contributed by atoms with E-state index in [1.54, 1.807) is 20.5 Å². The van der Waals surface area contributed by atoms with Gasteiger partial charge in [0, 0.05) is 68.0 Å². The molecule has 3 aromatic heterocycles. The van der Waals surface area contributed by atoms with Gasteiger partial charge in [0.15, 0.2) is 5.82 Å². The van der Waals surface area contributed by atoms with Crippen LogP contribution in [0.15, 0.2) is 55.2 Å². The highest BCUT2D eigenvalue weighted by molar-refractivity contribution is 5.76. The monoisotopic (exact) mass is 458 g/mol.